The number of nitrogens with zero attached hydrogens (tertiary/aromatic N) is 4. The maximum atomic E-state index is 13.2. The van der Waals surface area contributed by atoms with Gasteiger partial charge in [-0.2, -0.15) is 0 Å². The predicted octanol–water partition coefficient (Wildman–Crippen LogP) is 1.51. The Balaban J connectivity index is 1.92. The van der Waals surface area contributed by atoms with E-state index in [0.717, 1.165) is 18.6 Å². The molecule has 0 bridgehead atoms. The Bertz CT molecular complexity index is 697. The maximum Gasteiger partial charge on any atom is 0.331 e. The van der Waals surface area contributed by atoms with Crippen molar-refractivity contribution in [1.29, 1.82) is 0 Å². The van der Waals surface area contributed by atoms with Crippen LogP contribution in [-0.4, -0.2) is 31.3 Å². The molecule has 1 aromatic carbocycles. The van der Waals surface area contributed by atoms with Gasteiger partial charge in [0.05, 0.1) is 0 Å². The highest BCUT2D eigenvalue weighted by atomic mass is 19.2. The topological polar surface area (TPSA) is 80.9 Å². The van der Waals surface area contributed by atoms with E-state index >= 15 is 0 Å². The van der Waals surface area contributed by atoms with Crippen molar-refractivity contribution in [3.63, 3.8) is 0 Å². The van der Waals surface area contributed by atoms with Gasteiger partial charge in [0.2, 0.25) is 0 Å². The van der Waals surface area contributed by atoms with E-state index in [1.807, 2.05) is 0 Å². The van der Waals surface area contributed by atoms with Gasteiger partial charge in [0.25, 0.3) is 0 Å². The number of aromatic nitrogens is 4. The molecule has 1 heterocycles. The second kappa shape index (κ2) is 4.87. The van der Waals surface area contributed by atoms with Gasteiger partial charge >= 0.3 is 5.97 Å². The van der Waals surface area contributed by atoms with E-state index in [1.165, 1.54) is 10.7 Å². The van der Waals surface area contributed by atoms with E-state index in [-0.39, 0.29) is 6.42 Å². The summed E-state index contributed by atoms with van der Waals surface area (Å²) in [6.07, 6.45) is 1.84. The summed E-state index contributed by atoms with van der Waals surface area (Å²) in [6.45, 7) is 0. The van der Waals surface area contributed by atoms with Gasteiger partial charge in [-0.1, -0.05) is 6.07 Å². The standard InChI is InChI=1S/C13H12F2N4O2/c14-9-3-2-8(6-10(9)15)7-11-16-17-18-19(11)13(12(20)21)4-1-5-13/h2-3,6H,1,4-5,7H2,(H,20,21). The number of carbonyl (C=O) groups is 1. The third-order valence-electron chi connectivity index (χ3n) is 3.86. The highest BCUT2D eigenvalue weighted by Gasteiger charge is 2.48. The van der Waals surface area contributed by atoms with Crippen LogP contribution in [0.2, 0.25) is 0 Å². The molecule has 3 rings (SSSR count). The average molecular weight is 294 g/mol. The van der Waals surface area contributed by atoms with E-state index in [9.17, 15) is 18.7 Å². The summed E-state index contributed by atoms with van der Waals surface area (Å²) in [5, 5.41) is 20.5. The number of carboxylic acids is 1. The molecule has 1 aliphatic carbocycles. The Hall–Kier alpha value is -2.38. The zero-order chi connectivity index (χ0) is 15.0. The number of hydrogen-bond acceptors (Lipinski definition) is 4. The molecule has 1 aromatic heterocycles. The fraction of sp³-hybridized carbons (Fsp3) is 0.385. The molecule has 0 amide bonds. The molecule has 8 heteroatoms. The smallest absolute Gasteiger partial charge is 0.331 e. The van der Waals surface area contributed by atoms with Crippen molar-refractivity contribution in [3.05, 3.63) is 41.2 Å². The summed E-state index contributed by atoms with van der Waals surface area (Å²) in [5.74, 6) is -2.54. The Kier molecular flexibility index (Phi) is 3.15. The molecule has 0 atom stereocenters. The molecule has 1 saturated carbocycles. The summed E-state index contributed by atoms with van der Waals surface area (Å²) in [6, 6.07) is 3.50. The van der Waals surface area contributed by atoms with Crippen molar-refractivity contribution >= 4 is 5.97 Å². The quantitative estimate of drug-likeness (QED) is 0.924. The van der Waals surface area contributed by atoms with Crippen LogP contribution in [-0.2, 0) is 16.8 Å². The number of tetrazole rings is 1. The van der Waals surface area contributed by atoms with Crippen LogP contribution in [0.25, 0.3) is 0 Å². The molecular formula is C13H12F2N4O2. The fourth-order valence-electron chi connectivity index (χ4n) is 2.51. The lowest BCUT2D eigenvalue weighted by molar-refractivity contribution is -0.153. The molecule has 0 radical (unpaired) electrons. The first-order valence-electron chi connectivity index (χ1n) is 6.48. The first kappa shape index (κ1) is 13.6. The normalized spacial score (nSPS) is 16.5. The van der Waals surface area contributed by atoms with Crippen LogP contribution in [0.5, 0.6) is 0 Å². The van der Waals surface area contributed by atoms with Crippen molar-refractivity contribution in [2.24, 2.45) is 0 Å². The van der Waals surface area contributed by atoms with Gasteiger partial charge in [0.1, 0.15) is 0 Å². The van der Waals surface area contributed by atoms with E-state index in [4.69, 9.17) is 0 Å². The number of halogens is 2. The molecule has 0 aliphatic heterocycles. The number of aliphatic carboxylic acids is 1. The van der Waals surface area contributed by atoms with Gasteiger partial charge in [-0.15, -0.1) is 5.10 Å². The molecule has 0 unspecified atom stereocenters. The fourth-order valence-corrected chi connectivity index (χ4v) is 2.51. The second-order valence-corrected chi connectivity index (χ2v) is 5.12. The third-order valence-corrected chi connectivity index (χ3v) is 3.86. The van der Waals surface area contributed by atoms with Crippen LogP contribution in [0.15, 0.2) is 18.2 Å². The van der Waals surface area contributed by atoms with Crippen molar-refractivity contribution in [2.75, 3.05) is 0 Å². The van der Waals surface area contributed by atoms with Crippen molar-refractivity contribution < 1.29 is 18.7 Å². The Morgan fingerprint density at radius 2 is 2.10 bits per heavy atom. The molecular weight excluding hydrogens is 282 g/mol. The summed E-state index contributed by atoms with van der Waals surface area (Å²) in [4.78, 5) is 11.5. The molecule has 1 N–H and O–H groups in total. The van der Waals surface area contributed by atoms with Gasteiger partial charge in [0.15, 0.2) is 23.0 Å². The highest BCUT2D eigenvalue weighted by Crippen LogP contribution is 2.39. The lowest BCUT2D eigenvalue weighted by Gasteiger charge is -2.37. The first-order valence-corrected chi connectivity index (χ1v) is 6.48. The van der Waals surface area contributed by atoms with Crippen LogP contribution in [0.3, 0.4) is 0 Å². The zero-order valence-electron chi connectivity index (χ0n) is 11.0. The highest BCUT2D eigenvalue weighted by molar-refractivity contribution is 5.77. The monoisotopic (exact) mass is 294 g/mol. The maximum absolute atomic E-state index is 13.2. The lowest BCUT2D eigenvalue weighted by Crippen LogP contribution is -2.49. The Labute approximate surface area is 118 Å². The summed E-state index contributed by atoms with van der Waals surface area (Å²) in [7, 11) is 0. The van der Waals surface area contributed by atoms with Crippen molar-refractivity contribution in [1.82, 2.24) is 20.2 Å². The van der Waals surface area contributed by atoms with E-state index in [2.05, 4.69) is 15.5 Å². The van der Waals surface area contributed by atoms with Crippen LogP contribution >= 0.6 is 0 Å². The average Bonchev–Trinajstić information content (AvgIpc) is 2.81. The van der Waals surface area contributed by atoms with Crippen LogP contribution < -0.4 is 0 Å². The number of hydrogen-bond donors (Lipinski definition) is 1. The van der Waals surface area contributed by atoms with E-state index in [1.54, 1.807) is 0 Å². The Morgan fingerprint density at radius 1 is 1.33 bits per heavy atom. The minimum atomic E-state index is -1.11. The van der Waals surface area contributed by atoms with Gasteiger partial charge < -0.3 is 5.11 Å². The van der Waals surface area contributed by atoms with Gasteiger partial charge in [-0.25, -0.2) is 18.3 Å². The zero-order valence-corrected chi connectivity index (χ0v) is 11.0. The molecule has 1 aliphatic rings. The molecule has 21 heavy (non-hydrogen) atoms. The molecule has 0 spiro atoms. The number of carboxylic acid groups (broad SMARTS) is 1. The molecule has 2 aromatic rings. The summed E-state index contributed by atoms with van der Waals surface area (Å²) < 4.78 is 27.4. The van der Waals surface area contributed by atoms with Crippen LogP contribution in [0.4, 0.5) is 8.78 Å². The first-order chi connectivity index (χ1) is 10.0. The predicted molar refractivity (Wildman–Crippen MR) is 66.4 cm³/mol. The summed E-state index contributed by atoms with van der Waals surface area (Å²) >= 11 is 0. The van der Waals surface area contributed by atoms with Crippen LogP contribution in [0, 0.1) is 11.6 Å². The molecule has 6 nitrogen and oxygen atoms in total. The summed E-state index contributed by atoms with van der Waals surface area (Å²) in [5.41, 5.74) is -0.637. The SMILES string of the molecule is O=C(O)C1(n2nnnc2Cc2ccc(F)c(F)c2)CCC1. The van der Waals surface area contributed by atoms with Gasteiger partial charge in [-0.3, -0.25) is 0 Å². The largest absolute Gasteiger partial charge is 0.479 e. The second-order valence-electron chi connectivity index (χ2n) is 5.12. The Morgan fingerprint density at radius 3 is 2.67 bits per heavy atom. The minimum absolute atomic E-state index is 0.138. The minimum Gasteiger partial charge on any atom is -0.479 e. The lowest BCUT2D eigenvalue weighted by atomic mass is 9.77. The van der Waals surface area contributed by atoms with E-state index in [0.29, 0.717) is 24.2 Å². The van der Waals surface area contributed by atoms with Crippen molar-refractivity contribution in [3.8, 4) is 0 Å². The molecule has 1 fully saturated rings. The molecule has 110 valence electrons. The van der Waals surface area contributed by atoms with Gasteiger partial charge in [0, 0.05) is 6.42 Å². The third kappa shape index (κ3) is 2.16. The van der Waals surface area contributed by atoms with Crippen molar-refractivity contribution in [2.45, 2.75) is 31.2 Å². The van der Waals surface area contributed by atoms with Gasteiger partial charge in [-0.05, 0) is 47.4 Å². The van der Waals surface area contributed by atoms with E-state index < -0.39 is 23.1 Å². The molecule has 0 saturated heterocycles. The van der Waals surface area contributed by atoms with Crippen LogP contribution in [0.1, 0.15) is 30.7 Å². The number of rotatable bonds is 4. The number of benzene rings is 1.